The van der Waals surface area contributed by atoms with Crippen LogP contribution in [0.3, 0.4) is 0 Å². The highest BCUT2D eigenvalue weighted by atomic mass is 35.5. The van der Waals surface area contributed by atoms with E-state index in [1.807, 2.05) is 0 Å². The minimum Gasteiger partial charge on any atom is -0.370 e. The van der Waals surface area contributed by atoms with Gasteiger partial charge in [-0.1, -0.05) is 11.6 Å². The summed E-state index contributed by atoms with van der Waals surface area (Å²) in [5.74, 6) is -0.905. The van der Waals surface area contributed by atoms with Crippen LogP contribution in [0.15, 0.2) is 16.2 Å². The summed E-state index contributed by atoms with van der Waals surface area (Å²) in [6.07, 6.45) is 3.41. The highest BCUT2D eigenvalue weighted by Crippen LogP contribution is 2.20. The topological polar surface area (TPSA) is 107 Å². The van der Waals surface area contributed by atoms with Crippen LogP contribution in [0.2, 0.25) is 5.02 Å². The van der Waals surface area contributed by atoms with E-state index >= 15 is 0 Å². The molecule has 16 heavy (non-hydrogen) atoms. The zero-order valence-electron chi connectivity index (χ0n) is 8.68. The molecule has 86 valence electrons. The van der Waals surface area contributed by atoms with Gasteiger partial charge in [-0.25, -0.2) is 9.98 Å². The lowest BCUT2D eigenvalue weighted by molar-refractivity contribution is 0.453. The molecule has 0 saturated carbocycles. The fourth-order valence-corrected chi connectivity index (χ4v) is 1.68. The van der Waals surface area contributed by atoms with E-state index in [-0.39, 0.29) is 5.96 Å². The van der Waals surface area contributed by atoms with E-state index in [0.29, 0.717) is 17.1 Å². The summed E-state index contributed by atoms with van der Waals surface area (Å²) in [5, 5.41) is 7.35. The molecule has 2 rings (SSSR count). The van der Waals surface area contributed by atoms with Crippen molar-refractivity contribution >= 4 is 23.9 Å². The van der Waals surface area contributed by atoms with Crippen LogP contribution in [0.4, 0.5) is 0 Å². The third-order valence-electron chi connectivity index (χ3n) is 2.10. The lowest BCUT2D eigenvalue weighted by Gasteiger charge is -2.23. The van der Waals surface area contributed by atoms with E-state index in [1.54, 1.807) is 17.9 Å². The van der Waals surface area contributed by atoms with Crippen LogP contribution < -0.4 is 16.8 Å². The Bertz CT molecular complexity index is 463. The molecule has 0 bridgehead atoms. The first-order chi connectivity index (χ1) is 7.48. The summed E-state index contributed by atoms with van der Waals surface area (Å²) in [5.41, 5.74) is 12.1. The van der Waals surface area contributed by atoms with E-state index in [1.165, 1.54) is 6.34 Å². The molecule has 1 aromatic heterocycles. The highest BCUT2D eigenvalue weighted by Gasteiger charge is 2.28. The molecule has 0 aromatic carbocycles. The van der Waals surface area contributed by atoms with Gasteiger partial charge < -0.3 is 11.1 Å². The van der Waals surface area contributed by atoms with Crippen LogP contribution in [0.1, 0.15) is 5.69 Å². The van der Waals surface area contributed by atoms with Crippen LogP contribution in [0.25, 0.3) is 0 Å². The van der Waals surface area contributed by atoms with Crippen molar-refractivity contribution in [3.05, 3.63) is 16.9 Å². The molecule has 2 heterocycles. The van der Waals surface area contributed by atoms with Crippen molar-refractivity contribution in [2.24, 2.45) is 28.5 Å². The molecular formula is C8H12ClN7. The molecule has 7 nitrogen and oxygen atoms in total. The van der Waals surface area contributed by atoms with Gasteiger partial charge in [0.15, 0.2) is 5.96 Å². The van der Waals surface area contributed by atoms with E-state index in [2.05, 4.69) is 20.4 Å². The molecule has 0 radical (unpaired) electrons. The second-order valence-electron chi connectivity index (χ2n) is 3.55. The van der Waals surface area contributed by atoms with Crippen LogP contribution in [0, 0.1) is 0 Å². The van der Waals surface area contributed by atoms with Gasteiger partial charge in [-0.2, -0.15) is 5.10 Å². The summed E-state index contributed by atoms with van der Waals surface area (Å²) in [6.45, 7) is 0. The predicted octanol–water partition coefficient (Wildman–Crippen LogP) is -0.825. The van der Waals surface area contributed by atoms with Crippen molar-refractivity contribution in [1.82, 2.24) is 15.1 Å². The van der Waals surface area contributed by atoms with Crippen LogP contribution in [-0.2, 0) is 13.5 Å². The Hall–Kier alpha value is -1.60. The summed E-state index contributed by atoms with van der Waals surface area (Å²) in [7, 11) is 1.78. The zero-order valence-corrected chi connectivity index (χ0v) is 9.44. The van der Waals surface area contributed by atoms with Gasteiger partial charge in [-0.05, 0) is 0 Å². The Morgan fingerprint density at radius 1 is 1.62 bits per heavy atom. The summed E-state index contributed by atoms with van der Waals surface area (Å²) in [6, 6.07) is 0. The average molecular weight is 242 g/mol. The van der Waals surface area contributed by atoms with Crippen LogP contribution in [0.5, 0.6) is 0 Å². The van der Waals surface area contributed by atoms with Crippen molar-refractivity contribution in [2.75, 3.05) is 0 Å². The number of nitrogens with zero attached hydrogens (tertiary/aromatic N) is 4. The van der Waals surface area contributed by atoms with E-state index in [9.17, 15) is 0 Å². The summed E-state index contributed by atoms with van der Waals surface area (Å²) in [4.78, 5) is 8.04. The largest absolute Gasteiger partial charge is 0.370 e. The number of halogens is 1. The average Bonchev–Trinajstić information content (AvgIpc) is 2.43. The number of nitrogens with one attached hydrogen (secondary N) is 1. The van der Waals surface area contributed by atoms with Crippen molar-refractivity contribution in [3.8, 4) is 0 Å². The number of aliphatic imine (C=N–C) groups is 2. The number of hydrogen-bond acceptors (Lipinski definition) is 6. The van der Waals surface area contributed by atoms with Gasteiger partial charge in [0.05, 0.1) is 23.5 Å². The highest BCUT2D eigenvalue weighted by molar-refractivity contribution is 6.31. The van der Waals surface area contributed by atoms with Gasteiger partial charge in [-0.15, -0.1) is 0 Å². The van der Waals surface area contributed by atoms with Gasteiger partial charge in [0.1, 0.15) is 0 Å². The molecule has 0 saturated heterocycles. The minimum absolute atomic E-state index is 0.226. The van der Waals surface area contributed by atoms with Crippen molar-refractivity contribution in [3.63, 3.8) is 0 Å². The first-order valence-corrected chi connectivity index (χ1v) is 4.99. The first kappa shape index (κ1) is 10.9. The number of nitrogens with two attached hydrogens (primary N) is 2. The fourth-order valence-electron chi connectivity index (χ4n) is 1.44. The van der Waals surface area contributed by atoms with E-state index in [4.69, 9.17) is 23.1 Å². The standard InChI is InChI=1S/C8H12ClN7/c1-16-3-5(9)6(15-16)2-8(11)13-4-12-7(10)14-8/h3-4H,2,11H2,1H3,(H3,10,12,13,14). The molecule has 1 unspecified atom stereocenters. The molecule has 0 aliphatic carbocycles. The third-order valence-corrected chi connectivity index (χ3v) is 2.41. The Balaban J connectivity index is 2.24. The molecule has 1 aromatic rings. The van der Waals surface area contributed by atoms with E-state index in [0.717, 1.165) is 0 Å². The Labute approximate surface area is 97.2 Å². The van der Waals surface area contributed by atoms with Crippen molar-refractivity contribution in [1.29, 1.82) is 0 Å². The fraction of sp³-hybridized carbons (Fsp3) is 0.375. The molecule has 5 N–H and O–H groups in total. The van der Waals surface area contributed by atoms with Gasteiger partial charge in [0, 0.05) is 13.2 Å². The van der Waals surface area contributed by atoms with Gasteiger partial charge in [-0.3, -0.25) is 10.4 Å². The summed E-state index contributed by atoms with van der Waals surface area (Å²) >= 11 is 5.98. The van der Waals surface area contributed by atoms with Gasteiger partial charge in [0.2, 0.25) is 5.79 Å². The normalized spacial score (nSPS) is 24.1. The van der Waals surface area contributed by atoms with Crippen LogP contribution in [-0.4, -0.2) is 27.9 Å². The van der Waals surface area contributed by atoms with Crippen molar-refractivity contribution < 1.29 is 0 Å². The molecule has 1 aliphatic heterocycles. The Morgan fingerprint density at radius 3 is 2.94 bits per heavy atom. The lowest BCUT2D eigenvalue weighted by atomic mass is 10.2. The maximum atomic E-state index is 5.98. The third kappa shape index (κ3) is 2.15. The quantitative estimate of drug-likeness (QED) is 0.629. The Morgan fingerprint density at radius 2 is 2.38 bits per heavy atom. The van der Waals surface area contributed by atoms with Crippen molar-refractivity contribution in [2.45, 2.75) is 12.2 Å². The zero-order chi connectivity index (χ0) is 11.8. The number of hydrogen-bond donors (Lipinski definition) is 3. The molecular weight excluding hydrogens is 230 g/mol. The first-order valence-electron chi connectivity index (χ1n) is 4.61. The maximum absolute atomic E-state index is 5.98. The summed E-state index contributed by atoms with van der Waals surface area (Å²) < 4.78 is 1.61. The smallest absolute Gasteiger partial charge is 0.213 e. The maximum Gasteiger partial charge on any atom is 0.213 e. The molecule has 0 fully saturated rings. The van der Waals surface area contributed by atoms with Crippen LogP contribution >= 0.6 is 11.6 Å². The SMILES string of the molecule is Cn1cc(Cl)c(CC2(N)N=CNC(N)=N2)n1. The van der Waals surface area contributed by atoms with Gasteiger partial charge in [0.25, 0.3) is 0 Å². The monoisotopic (exact) mass is 241 g/mol. The van der Waals surface area contributed by atoms with Gasteiger partial charge >= 0.3 is 0 Å². The molecule has 8 heteroatoms. The molecule has 1 atom stereocenters. The molecule has 0 amide bonds. The second-order valence-corrected chi connectivity index (χ2v) is 3.96. The predicted molar refractivity (Wildman–Crippen MR) is 62.1 cm³/mol. The number of rotatable bonds is 2. The second kappa shape index (κ2) is 3.76. The number of guanidine groups is 1. The lowest BCUT2D eigenvalue weighted by Crippen LogP contribution is -2.47. The molecule has 0 spiro atoms. The Kier molecular flexibility index (Phi) is 2.56. The molecule has 1 aliphatic rings. The minimum atomic E-state index is -1.13. The van der Waals surface area contributed by atoms with E-state index < -0.39 is 5.79 Å². The number of aryl methyl sites for hydroxylation is 1. The number of aromatic nitrogens is 2.